The maximum Gasteiger partial charge on any atom is 0.372 e. The van der Waals surface area contributed by atoms with Crippen LogP contribution in [0.4, 0.5) is 5.69 Å². The number of nitrogens with zero attached hydrogens (tertiary/aromatic N) is 4. The molecule has 2 heterocycles. The first-order valence-corrected chi connectivity index (χ1v) is 10.4. The van der Waals surface area contributed by atoms with E-state index in [1.54, 1.807) is 17.7 Å². The number of pyridine rings is 1. The van der Waals surface area contributed by atoms with Gasteiger partial charge in [-0.05, 0) is 37.3 Å². The van der Waals surface area contributed by atoms with Crippen LogP contribution in [-0.2, 0) is 16.1 Å². The molecule has 2 aromatic carbocycles. The summed E-state index contributed by atoms with van der Waals surface area (Å²) in [4.78, 5) is 11.9. The van der Waals surface area contributed by atoms with E-state index in [0.717, 1.165) is 28.2 Å². The lowest BCUT2D eigenvalue weighted by Gasteiger charge is -2.02. The average Bonchev–Trinajstić information content (AvgIpc) is 3.25. The van der Waals surface area contributed by atoms with Gasteiger partial charge < -0.3 is 4.74 Å². The molecular formula is C25H24N5O2+. The molecule has 0 aliphatic heterocycles. The summed E-state index contributed by atoms with van der Waals surface area (Å²) in [6, 6.07) is 23.5. The molecule has 7 heteroatoms. The van der Waals surface area contributed by atoms with Crippen LogP contribution in [0.3, 0.4) is 0 Å². The number of hydrazone groups is 1. The van der Waals surface area contributed by atoms with Crippen LogP contribution in [0.25, 0.3) is 16.9 Å². The highest BCUT2D eigenvalue weighted by Crippen LogP contribution is 2.21. The van der Waals surface area contributed by atoms with Crippen molar-refractivity contribution in [2.75, 3.05) is 12.0 Å². The van der Waals surface area contributed by atoms with Gasteiger partial charge >= 0.3 is 5.97 Å². The van der Waals surface area contributed by atoms with Gasteiger partial charge in [0.05, 0.1) is 29.8 Å². The van der Waals surface area contributed by atoms with E-state index in [0.29, 0.717) is 6.61 Å². The maximum atomic E-state index is 11.9. The summed E-state index contributed by atoms with van der Waals surface area (Å²) in [5, 5.41) is 9.19. The van der Waals surface area contributed by atoms with E-state index in [-0.39, 0.29) is 12.5 Å². The summed E-state index contributed by atoms with van der Waals surface area (Å²) in [6.45, 7) is 2.29. The Morgan fingerprint density at radius 1 is 1.09 bits per heavy atom. The molecule has 0 saturated heterocycles. The first-order chi connectivity index (χ1) is 15.7. The van der Waals surface area contributed by atoms with Gasteiger partial charge in [0.1, 0.15) is 5.69 Å². The quantitative estimate of drug-likeness (QED) is 0.201. The van der Waals surface area contributed by atoms with E-state index in [1.807, 2.05) is 96.1 Å². The number of hydrogen-bond donors (Lipinski definition) is 1. The van der Waals surface area contributed by atoms with Crippen molar-refractivity contribution >= 4 is 17.9 Å². The topological polar surface area (TPSA) is 72.4 Å². The minimum absolute atomic E-state index is 0.139. The molecule has 32 heavy (non-hydrogen) atoms. The third-order valence-corrected chi connectivity index (χ3v) is 4.68. The Kier molecular flexibility index (Phi) is 6.67. The highest BCUT2D eigenvalue weighted by atomic mass is 16.5. The fraction of sp³-hybridized carbons (Fsp3) is 0.120. The van der Waals surface area contributed by atoms with Crippen LogP contribution in [0.1, 0.15) is 12.5 Å². The molecule has 0 saturated carbocycles. The largest absolute Gasteiger partial charge is 0.461 e. The van der Waals surface area contributed by atoms with Crippen molar-refractivity contribution in [2.45, 2.75) is 13.5 Å². The summed E-state index contributed by atoms with van der Waals surface area (Å²) in [7, 11) is 0. The molecule has 0 spiro atoms. The van der Waals surface area contributed by atoms with Gasteiger partial charge in [-0.25, -0.2) is 9.48 Å². The minimum Gasteiger partial charge on any atom is -0.461 e. The van der Waals surface area contributed by atoms with E-state index in [1.165, 1.54) is 0 Å². The molecule has 0 atom stereocenters. The third kappa shape index (κ3) is 5.26. The molecule has 160 valence electrons. The summed E-state index contributed by atoms with van der Waals surface area (Å²) < 4.78 is 8.67. The maximum absolute atomic E-state index is 11.9. The first kappa shape index (κ1) is 21.0. The van der Waals surface area contributed by atoms with Gasteiger partial charge in [0, 0.05) is 17.8 Å². The van der Waals surface area contributed by atoms with Gasteiger partial charge in [0.2, 0.25) is 6.54 Å². The number of esters is 1. The fourth-order valence-electron chi connectivity index (χ4n) is 3.22. The molecule has 4 aromatic rings. The molecule has 0 bridgehead atoms. The Hall–Kier alpha value is -4.26. The number of carbonyl (C=O) groups is 1. The molecule has 0 amide bonds. The average molecular weight is 427 g/mol. The summed E-state index contributed by atoms with van der Waals surface area (Å²) in [5.74, 6) is -0.279. The molecule has 0 fully saturated rings. The van der Waals surface area contributed by atoms with Crippen molar-refractivity contribution in [3.8, 4) is 16.9 Å². The zero-order chi connectivity index (χ0) is 22.2. The van der Waals surface area contributed by atoms with Gasteiger partial charge in [-0.15, -0.1) is 0 Å². The highest BCUT2D eigenvalue weighted by Gasteiger charge is 2.16. The lowest BCUT2D eigenvalue weighted by atomic mass is 10.1. The Labute approximate surface area is 186 Å². The molecule has 2 aromatic heterocycles. The zero-order valence-electron chi connectivity index (χ0n) is 17.8. The molecule has 1 N–H and O–H groups in total. The van der Waals surface area contributed by atoms with E-state index >= 15 is 0 Å². The minimum atomic E-state index is -0.279. The van der Waals surface area contributed by atoms with E-state index < -0.39 is 0 Å². The molecule has 0 aliphatic rings. The van der Waals surface area contributed by atoms with Crippen LogP contribution in [0.2, 0.25) is 0 Å². The Bertz CT molecular complexity index is 1200. The SMILES string of the molecule is CCOC(=O)C[n+]1cccc(-c2nn(-c3ccccc3)cc2/C=N/Nc2ccccc2)c1. The first-order valence-electron chi connectivity index (χ1n) is 10.4. The normalized spacial score (nSPS) is 10.9. The third-order valence-electron chi connectivity index (χ3n) is 4.68. The molecule has 4 rings (SSSR count). The predicted octanol–water partition coefficient (Wildman–Crippen LogP) is 3.84. The van der Waals surface area contributed by atoms with E-state index in [4.69, 9.17) is 9.84 Å². The van der Waals surface area contributed by atoms with Crippen LogP contribution < -0.4 is 9.99 Å². The molecular weight excluding hydrogens is 402 g/mol. The standard InChI is InChI=1S/C25H24N5O2/c1-2-32-24(31)19-29-15-9-10-20(17-29)25-21(16-26-27-22-11-5-3-6-12-22)18-30(28-25)23-13-7-4-8-14-23/h3-18,27H,2,19H2,1H3/q+1/b26-16+. The van der Waals surface area contributed by atoms with Crippen LogP contribution in [0.5, 0.6) is 0 Å². The smallest absolute Gasteiger partial charge is 0.372 e. The Balaban J connectivity index is 1.67. The monoisotopic (exact) mass is 426 g/mol. The highest BCUT2D eigenvalue weighted by molar-refractivity contribution is 5.89. The van der Waals surface area contributed by atoms with E-state index in [2.05, 4.69) is 10.5 Å². The lowest BCUT2D eigenvalue weighted by molar-refractivity contribution is -0.685. The van der Waals surface area contributed by atoms with Gasteiger partial charge in [0.25, 0.3) is 0 Å². The van der Waals surface area contributed by atoms with E-state index in [9.17, 15) is 4.79 Å². The second kappa shape index (κ2) is 10.2. The number of anilines is 1. The van der Waals surface area contributed by atoms with Crippen LogP contribution in [-0.4, -0.2) is 28.6 Å². The number of ether oxygens (including phenoxy) is 1. The fourth-order valence-corrected chi connectivity index (χ4v) is 3.22. The number of benzene rings is 2. The number of rotatable bonds is 8. The number of para-hydroxylation sites is 2. The van der Waals surface area contributed by atoms with Crippen molar-refractivity contribution < 1.29 is 14.1 Å². The van der Waals surface area contributed by atoms with Gasteiger partial charge in [-0.1, -0.05) is 36.4 Å². The van der Waals surface area contributed by atoms with Gasteiger partial charge in [0.15, 0.2) is 12.4 Å². The Morgan fingerprint density at radius 2 is 1.84 bits per heavy atom. The predicted molar refractivity (Wildman–Crippen MR) is 123 cm³/mol. The molecule has 0 aliphatic carbocycles. The molecule has 0 unspecified atom stereocenters. The second-order valence-electron chi connectivity index (χ2n) is 7.02. The van der Waals surface area contributed by atoms with Gasteiger partial charge in [-0.3, -0.25) is 5.43 Å². The van der Waals surface area contributed by atoms with Crippen LogP contribution in [0.15, 0.2) is 96.5 Å². The Morgan fingerprint density at radius 3 is 2.59 bits per heavy atom. The van der Waals surface area contributed by atoms with Gasteiger partial charge in [-0.2, -0.15) is 14.8 Å². The number of carbonyl (C=O) groups excluding carboxylic acids is 1. The van der Waals surface area contributed by atoms with Crippen molar-refractivity contribution in [3.05, 3.63) is 97.0 Å². The van der Waals surface area contributed by atoms with Crippen molar-refractivity contribution in [1.29, 1.82) is 0 Å². The summed E-state index contributed by atoms with van der Waals surface area (Å²) in [5.41, 5.74) is 7.34. The molecule has 7 nitrogen and oxygen atoms in total. The summed E-state index contributed by atoms with van der Waals surface area (Å²) in [6.07, 6.45) is 7.40. The van der Waals surface area contributed by atoms with Crippen LogP contribution in [0, 0.1) is 0 Å². The lowest BCUT2D eigenvalue weighted by Crippen LogP contribution is -2.38. The van der Waals surface area contributed by atoms with Crippen LogP contribution >= 0.6 is 0 Å². The van der Waals surface area contributed by atoms with Crippen molar-refractivity contribution in [2.24, 2.45) is 5.10 Å². The summed E-state index contributed by atoms with van der Waals surface area (Å²) >= 11 is 0. The number of hydrogen-bond acceptors (Lipinski definition) is 5. The number of aromatic nitrogens is 3. The van der Waals surface area contributed by atoms with Crippen molar-refractivity contribution in [1.82, 2.24) is 9.78 Å². The molecule has 0 radical (unpaired) electrons. The van der Waals surface area contributed by atoms with Crippen molar-refractivity contribution in [3.63, 3.8) is 0 Å². The second-order valence-corrected chi connectivity index (χ2v) is 7.02. The zero-order valence-corrected chi connectivity index (χ0v) is 17.8. The number of nitrogens with one attached hydrogen (secondary N) is 1.